The third-order valence-electron chi connectivity index (χ3n) is 3.91. The van der Waals surface area contributed by atoms with E-state index in [4.69, 9.17) is 4.74 Å². The number of pyridine rings is 1. The SMILES string of the molecule is COc1ccc(CC2(C(C)C)CCCN2)cn1. The van der Waals surface area contributed by atoms with Crippen LogP contribution >= 0.6 is 0 Å². The molecular weight excluding hydrogens is 212 g/mol. The molecule has 0 saturated carbocycles. The van der Waals surface area contributed by atoms with Crippen molar-refractivity contribution in [2.45, 2.75) is 38.6 Å². The van der Waals surface area contributed by atoms with Crippen LogP contribution in [0.1, 0.15) is 32.3 Å². The molecule has 0 aliphatic carbocycles. The zero-order valence-electron chi connectivity index (χ0n) is 11.0. The van der Waals surface area contributed by atoms with E-state index >= 15 is 0 Å². The van der Waals surface area contributed by atoms with Crippen LogP contribution in [0, 0.1) is 5.92 Å². The predicted molar refractivity (Wildman–Crippen MR) is 69.3 cm³/mol. The largest absolute Gasteiger partial charge is 0.481 e. The van der Waals surface area contributed by atoms with E-state index in [-0.39, 0.29) is 5.54 Å². The zero-order chi connectivity index (χ0) is 12.3. The average molecular weight is 234 g/mol. The summed E-state index contributed by atoms with van der Waals surface area (Å²) in [5, 5.41) is 3.69. The first-order valence-electron chi connectivity index (χ1n) is 6.40. The lowest BCUT2D eigenvalue weighted by Crippen LogP contribution is -2.46. The fraction of sp³-hybridized carbons (Fsp3) is 0.643. The standard InChI is InChI=1S/C14H22N2O/c1-11(2)14(7-4-8-16-14)9-12-5-6-13(17-3)15-10-12/h5-6,10-11,16H,4,7-9H2,1-3H3. The summed E-state index contributed by atoms with van der Waals surface area (Å²) in [7, 11) is 1.65. The van der Waals surface area contributed by atoms with Gasteiger partial charge in [0.2, 0.25) is 5.88 Å². The van der Waals surface area contributed by atoms with Gasteiger partial charge in [-0.3, -0.25) is 0 Å². The Morgan fingerprint density at radius 1 is 1.47 bits per heavy atom. The molecular formula is C14H22N2O. The van der Waals surface area contributed by atoms with E-state index in [1.807, 2.05) is 12.3 Å². The van der Waals surface area contributed by atoms with Gasteiger partial charge < -0.3 is 10.1 Å². The molecule has 1 aliphatic rings. The number of methoxy groups -OCH3 is 1. The molecule has 94 valence electrons. The van der Waals surface area contributed by atoms with Gasteiger partial charge in [0.05, 0.1) is 7.11 Å². The first-order chi connectivity index (χ1) is 8.16. The minimum atomic E-state index is 0.260. The molecule has 1 aromatic heterocycles. The fourth-order valence-electron chi connectivity index (χ4n) is 2.68. The average Bonchev–Trinajstić information content (AvgIpc) is 2.80. The van der Waals surface area contributed by atoms with Gasteiger partial charge in [-0.25, -0.2) is 4.98 Å². The van der Waals surface area contributed by atoms with E-state index in [0.29, 0.717) is 11.8 Å². The van der Waals surface area contributed by atoms with Crippen molar-refractivity contribution in [3.8, 4) is 5.88 Å². The van der Waals surface area contributed by atoms with Crippen LogP contribution in [0.5, 0.6) is 5.88 Å². The Bertz CT molecular complexity index is 353. The molecule has 0 spiro atoms. The Hall–Kier alpha value is -1.09. The second-order valence-electron chi connectivity index (χ2n) is 5.23. The van der Waals surface area contributed by atoms with Crippen molar-refractivity contribution in [1.29, 1.82) is 0 Å². The molecule has 2 heterocycles. The van der Waals surface area contributed by atoms with Gasteiger partial charge in [-0.15, -0.1) is 0 Å². The van der Waals surface area contributed by atoms with Crippen LogP contribution in [-0.2, 0) is 6.42 Å². The van der Waals surface area contributed by atoms with E-state index in [1.165, 1.54) is 18.4 Å². The summed E-state index contributed by atoms with van der Waals surface area (Å²) in [6, 6.07) is 4.06. The second kappa shape index (κ2) is 5.05. The molecule has 3 nitrogen and oxygen atoms in total. The first-order valence-corrected chi connectivity index (χ1v) is 6.40. The smallest absolute Gasteiger partial charge is 0.212 e. The summed E-state index contributed by atoms with van der Waals surface area (Å²) in [6.07, 6.45) is 5.53. The van der Waals surface area contributed by atoms with Crippen molar-refractivity contribution in [2.24, 2.45) is 5.92 Å². The van der Waals surface area contributed by atoms with Gasteiger partial charge in [0.1, 0.15) is 0 Å². The van der Waals surface area contributed by atoms with Crippen LogP contribution in [0.15, 0.2) is 18.3 Å². The number of hydrogen-bond acceptors (Lipinski definition) is 3. The quantitative estimate of drug-likeness (QED) is 0.868. The van der Waals surface area contributed by atoms with Gasteiger partial charge in [-0.05, 0) is 37.3 Å². The van der Waals surface area contributed by atoms with E-state index in [1.54, 1.807) is 7.11 Å². The highest BCUT2D eigenvalue weighted by Gasteiger charge is 2.36. The fourth-order valence-corrected chi connectivity index (χ4v) is 2.68. The Kier molecular flexibility index (Phi) is 3.67. The lowest BCUT2D eigenvalue weighted by atomic mass is 9.80. The molecule has 1 unspecified atom stereocenters. The number of ether oxygens (including phenoxy) is 1. The van der Waals surface area contributed by atoms with Gasteiger partial charge in [0, 0.05) is 17.8 Å². The Morgan fingerprint density at radius 2 is 2.29 bits per heavy atom. The molecule has 1 aliphatic heterocycles. The third kappa shape index (κ3) is 2.60. The van der Waals surface area contributed by atoms with E-state index in [0.717, 1.165) is 13.0 Å². The predicted octanol–water partition coefficient (Wildman–Crippen LogP) is 2.41. The molecule has 1 aromatic rings. The summed E-state index contributed by atoms with van der Waals surface area (Å²) in [4.78, 5) is 4.28. The lowest BCUT2D eigenvalue weighted by Gasteiger charge is -2.34. The molecule has 1 atom stereocenters. The van der Waals surface area contributed by atoms with Crippen molar-refractivity contribution in [1.82, 2.24) is 10.3 Å². The Balaban J connectivity index is 2.12. The summed E-state index contributed by atoms with van der Waals surface area (Å²) < 4.78 is 5.09. The molecule has 1 saturated heterocycles. The maximum absolute atomic E-state index is 5.09. The van der Waals surface area contributed by atoms with E-state index in [9.17, 15) is 0 Å². The number of aromatic nitrogens is 1. The minimum Gasteiger partial charge on any atom is -0.481 e. The van der Waals surface area contributed by atoms with Gasteiger partial charge in [0.15, 0.2) is 0 Å². The van der Waals surface area contributed by atoms with Crippen LogP contribution in [0.2, 0.25) is 0 Å². The van der Waals surface area contributed by atoms with Crippen LogP contribution in [0.4, 0.5) is 0 Å². The topological polar surface area (TPSA) is 34.1 Å². The van der Waals surface area contributed by atoms with Crippen LogP contribution < -0.4 is 10.1 Å². The van der Waals surface area contributed by atoms with Crippen molar-refractivity contribution in [2.75, 3.05) is 13.7 Å². The number of nitrogens with zero attached hydrogens (tertiary/aromatic N) is 1. The molecule has 3 heteroatoms. The van der Waals surface area contributed by atoms with Crippen LogP contribution in [0.25, 0.3) is 0 Å². The highest BCUT2D eigenvalue weighted by Crippen LogP contribution is 2.31. The molecule has 0 bridgehead atoms. The van der Waals surface area contributed by atoms with Crippen molar-refractivity contribution >= 4 is 0 Å². The first kappa shape index (κ1) is 12.4. The molecule has 1 fully saturated rings. The van der Waals surface area contributed by atoms with E-state index < -0.39 is 0 Å². The van der Waals surface area contributed by atoms with Gasteiger partial charge in [-0.1, -0.05) is 19.9 Å². The molecule has 2 rings (SSSR count). The Labute approximate surface area is 104 Å². The molecule has 0 aromatic carbocycles. The van der Waals surface area contributed by atoms with Crippen molar-refractivity contribution in [3.05, 3.63) is 23.9 Å². The second-order valence-corrected chi connectivity index (χ2v) is 5.23. The maximum Gasteiger partial charge on any atom is 0.212 e. The molecule has 0 amide bonds. The minimum absolute atomic E-state index is 0.260. The highest BCUT2D eigenvalue weighted by atomic mass is 16.5. The summed E-state index contributed by atoms with van der Waals surface area (Å²) in [5.41, 5.74) is 1.55. The van der Waals surface area contributed by atoms with Gasteiger partial charge in [0.25, 0.3) is 0 Å². The maximum atomic E-state index is 5.09. The highest BCUT2D eigenvalue weighted by molar-refractivity contribution is 5.21. The number of hydrogen-bond donors (Lipinski definition) is 1. The third-order valence-corrected chi connectivity index (χ3v) is 3.91. The molecule has 1 N–H and O–H groups in total. The summed E-state index contributed by atoms with van der Waals surface area (Å²) in [6.45, 7) is 5.74. The van der Waals surface area contributed by atoms with Crippen molar-refractivity contribution in [3.63, 3.8) is 0 Å². The van der Waals surface area contributed by atoms with Crippen molar-refractivity contribution < 1.29 is 4.74 Å². The molecule has 0 radical (unpaired) electrons. The Morgan fingerprint density at radius 3 is 2.76 bits per heavy atom. The lowest BCUT2D eigenvalue weighted by molar-refractivity contribution is 0.269. The number of rotatable bonds is 4. The van der Waals surface area contributed by atoms with Gasteiger partial charge in [-0.2, -0.15) is 0 Å². The molecule has 17 heavy (non-hydrogen) atoms. The monoisotopic (exact) mass is 234 g/mol. The van der Waals surface area contributed by atoms with Crippen LogP contribution in [0.3, 0.4) is 0 Å². The number of nitrogens with one attached hydrogen (secondary N) is 1. The summed E-state index contributed by atoms with van der Waals surface area (Å²) >= 11 is 0. The summed E-state index contributed by atoms with van der Waals surface area (Å²) in [5.74, 6) is 1.33. The van der Waals surface area contributed by atoms with Crippen LogP contribution in [-0.4, -0.2) is 24.2 Å². The zero-order valence-corrected chi connectivity index (χ0v) is 11.0. The normalized spacial score (nSPS) is 24.2. The van der Waals surface area contributed by atoms with Gasteiger partial charge >= 0.3 is 0 Å². The van der Waals surface area contributed by atoms with E-state index in [2.05, 4.69) is 30.2 Å².